The second kappa shape index (κ2) is 10.9. The lowest BCUT2D eigenvalue weighted by Gasteiger charge is -2.21. The smallest absolute Gasteiger partial charge is 0.240 e. The van der Waals surface area contributed by atoms with Gasteiger partial charge in [-0.1, -0.05) is 24.3 Å². The van der Waals surface area contributed by atoms with Crippen LogP contribution in [0.2, 0.25) is 0 Å². The molecular weight excluding hydrogens is 392 g/mol. The number of hydrogen-bond donors (Lipinski definition) is 2. The first kappa shape index (κ1) is 22.0. The van der Waals surface area contributed by atoms with Crippen molar-refractivity contribution in [2.24, 2.45) is 0 Å². The molecule has 0 bridgehead atoms. The molecule has 0 aliphatic rings. The molecule has 0 aliphatic carbocycles. The van der Waals surface area contributed by atoms with E-state index in [4.69, 9.17) is 14.2 Å². The molecule has 0 unspecified atom stereocenters. The highest BCUT2D eigenvalue weighted by molar-refractivity contribution is 5.81. The van der Waals surface area contributed by atoms with Gasteiger partial charge in [0.25, 0.3) is 0 Å². The van der Waals surface area contributed by atoms with E-state index < -0.39 is 0 Å². The Labute approximate surface area is 183 Å². The van der Waals surface area contributed by atoms with Crippen LogP contribution in [0.15, 0.2) is 72.8 Å². The van der Waals surface area contributed by atoms with Crippen molar-refractivity contribution in [2.45, 2.75) is 13.0 Å². The van der Waals surface area contributed by atoms with Crippen LogP contribution in [-0.2, 0) is 4.79 Å². The van der Waals surface area contributed by atoms with E-state index in [0.29, 0.717) is 6.61 Å². The van der Waals surface area contributed by atoms with Gasteiger partial charge in [0.2, 0.25) is 5.91 Å². The van der Waals surface area contributed by atoms with Gasteiger partial charge >= 0.3 is 0 Å². The summed E-state index contributed by atoms with van der Waals surface area (Å²) in [6.07, 6.45) is 0. The summed E-state index contributed by atoms with van der Waals surface area (Å²) in [6, 6.07) is 22.6. The Kier molecular flexibility index (Phi) is 7.76. The molecule has 3 aromatic rings. The molecule has 0 radical (unpaired) electrons. The molecule has 0 heterocycles. The number of rotatable bonds is 10. The lowest BCUT2D eigenvalue weighted by atomic mass is 9.98. The predicted molar refractivity (Wildman–Crippen MR) is 122 cm³/mol. The number of amides is 1. The summed E-state index contributed by atoms with van der Waals surface area (Å²) in [4.78, 5) is 12.7. The molecule has 31 heavy (non-hydrogen) atoms. The van der Waals surface area contributed by atoms with Crippen molar-refractivity contribution in [3.63, 3.8) is 0 Å². The summed E-state index contributed by atoms with van der Waals surface area (Å²) in [5.74, 6) is 2.21. The summed E-state index contributed by atoms with van der Waals surface area (Å²) in [6.45, 7) is 2.71. The minimum Gasteiger partial charge on any atom is -0.497 e. The van der Waals surface area contributed by atoms with E-state index >= 15 is 0 Å². The van der Waals surface area contributed by atoms with Crippen molar-refractivity contribution in [1.29, 1.82) is 0 Å². The first-order valence-electron chi connectivity index (χ1n) is 10.2. The third-order valence-electron chi connectivity index (χ3n) is 4.82. The summed E-state index contributed by atoms with van der Waals surface area (Å²) in [5, 5.41) is 6.27. The van der Waals surface area contributed by atoms with Crippen molar-refractivity contribution >= 4 is 11.6 Å². The number of ether oxygens (including phenoxy) is 3. The number of benzene rings is 3. The van der Waals surface area contributed by atoms with Crippen LogP contribution in [0.3, 0.4) is 0 Å². The quantitative estimate of drug-likeness (QED) is 0.508. The van der Waals surface area contributed by atoms with Crippen molar-refractivity contribution in [3.8, 4) is 17.2 Å². The van der Waals surface area contributed by atoms with E-state index in [9.17, 15) is 4.79 Å². The van der Waals surface area contributed by atoms with Crippen LogP contribution in [-0.4, -0.2) is 33.3 Å². The fraction of sp³-hybridized carbons (Fsp3) is 0.240. The van der Waals surface area contributed by atoms with Gasteiger partial charge in [0, 0.05) is 5.69 Å². The summed E-state index contributed by atoms with van der Waals surface area (Å²) in [7, 11) is 3.26. The average molecular weight is 421 g/mol. The number of carbonyl (C=O) groups excluding carboxylic acids is 1. The molecule has 0 aliphatic heterocycles. The highest BCUT2D eigenvalue weighted by Gasteiger charge is 2.17. The second-order valence-corrected chi connectivity index (χ2v) is 6.86. The second-order valence-electron chi connectivity index (χ2n) is 6.86. The van der Waals surface area contributed by atoms with Gasteiger partial charge in [-0.2, -0.15) is 0 Å². The van der Waals surface area contributed by atoms with Crippen molar-refractivity contribution in [2.75, 3.05) is 32.7 Å². The predicted octanol–water partition coefficient (Wildman–Crippen LogP) is 4.42. The average Bonchev–Trinajstić information content (AvgIpc) is 2.82. The Hall–Kier alpha value is -3.67. The van der Waals surface area contributed by atoms with Crippen molar-refractivity contribution in [1.82, 2.24) is 5.32 Å². The number of nitrogens with one attached hydrogen (secondary N) is 2. The number of anilines is 1. The topological polar surface area (TPSA) is 68.8 Å². The molecule has 6 nitrogen and oxygen atoms in total. The monoisotopic (exact) mass is 420 g/mol. The molecule has 0 fully saturated rings. The Bertz CT molecular complexity index is 907. The zero-order valence-corrected chi connectivity index (χ0v) is 18.1. The Morgan fingerprint density at radius 3 is 1.71 bits per heavy atom. The van der Waals surface area contributed by atoms with Crippen LogP contribution < -0.4 is 24.8 Å². The lowest BCUT2D eigenvalue weighted by molar-refractivity contribution is -0.119. The zero-order valence-electron chi connectivity index (χ0n) is 18.1. The SMILES string of the molecule is CCOc1ccc(NCC(=O)NC(c2ccc(OC)cc2)c2ccc(OC)cc2)cc1. The van der Waals surface area contributed by atoms with Crippen LogP contribution >= 0.6 is 0 Å². The largest absolute Gasteiger partial charge is 0.497 e. The maximum Gasteiger partial charge on any atom is 0.240 e. The number of carbonyl (C=O) groups is 1. The van der Waals surface area contributed by atoms with Gasteiger partial charge < -0.3 is 24.8 Å². The maximum absolute atomic E-state index is 12.7. The van der Waals surface area contributed by atoms with E-state index in [1.54, 1.807) is 14.2 Å². The summed E-state index contributed by atoms with van der Waals surface area (Å²) < 4.78 is 16.0. The number of methoxy groups -OCH3 is 2. The molecular formula is C25H28N2O4. The van der Waals surface area contributed by atoms with E-state index in [1.165, 1.54) is 0 Å². The minimum atomic E-state index is -0.300. The van der Waals surface area contributed by atoms with Gasteiger partial charge in [-0.25, -0.2) is 0 Å². The molecule has 1 amide bonds. The fourth-order valence-corrected chi connectivity index (χ4v) is 3.18. The van der Waals surface area contributed by atoms with Crippen LogP contribution in [0.4, 0.5) is 5.69 Å². The fourth-order valence-electron chi connectivity index (χ4n) is 3.18. The van der Waals surface area contributed by atoms with Gasteiger partial charge in [0.05, 0.1) is 33.4 Å². The molecule has 2 N–H and O–H groups in total. The highest BCUT2D eigenvalue weighted by Crippen LogP contribution is 2.26. The molecule has 3 rings (SSSR count). The summed E-state index contributed by atoms with van der Waals surface area (Å²) >= 11 is 0. The van der Waals surface area contributed by atoms with Gasteiger partial charge in [0.1, 0.15) is 17.2 Å². The van der Waals surface area contributed by atoms with Crippen LogP contribution in [0, 0.1) is 0 Å². The van der Waals surface area contributed by atoms with Gasteiger partial charge in [-0.15, -0.1) is 0 Å². The Morgan fingerprint density at radius 2 is 1.26 bits per heavy atom. The standard InChI is InChI=1S/C25H28N2O4/c1-4-31-23-15-9-20(10-16-23)26-17-24(28)27-25(18-5-11-21(29-2)12-6-18)19-7-13-22(30-3)14-8-19/h5-16,25-26H,4,17H2,1-3H3,(H,27,28). The van der Waals surface area contributed by atoms with Crippen LogP contribution in [0.25, 0.3) is 0 Å². The molecule has 0 atom stereocenters. The van der Waals surface area contributed by atoms with Gasteiger partial charge in [-0.3, -0.25) is 4.79 Å². The van der Waals surface area contributed by atoms with E-state index in [0.717, 1.165) is 34.1 Å². The Balaban J connectivity index is 1.71. The van der Waals surface area contributed by atoms with E-state index in [2.05, 4.69) is 10.6 Å². The van der Waals surface area contributed by atoms with E-state index in [-0.39, 0.29) is 18.5 Å². The molecule has 0 spiro atoms. The molecule has 162 valence electrons. The van der Waals surface area contributed by atoms with Crippen LogP contribution in [0.5, 0.6) is 17.2 Å². The van der Waals surface area contributed by atoms with Crippen molar-refractivity contribution in [3.05, 3.63) is 83.9 Å². The molecule has 0 saturated heterocycles. The van der Waals surface area contributed by atoms with E-state index in [1.807, 2.05) is 79.7 Å². The first-order valence-corrected chi connectivity index (χ1v) is 10.2. The first-order chi connectivity index (χ1) is 15.1. The molecule has 0 saturated carbocycles. The third kappa shape index (κ3) is 6.15. The Morgan fingerprint density at radius 1 is 0.774 bits per heavy atom. The minimum absolute atomic E-state index is 0.120. The van der Waals surface area contributed by atoms with Crippen LogP contribution in [0.1, 0.15) is 24.1 Å². The highest BCUT2D eigenvalue weighted by atomic mass is 16.5. The maximum atomic E-state index is 12.7. The third-order valence-corrected chi connectivity index (χ3v) is 4.82. The van der Waals surface area contributed by atoms with Gasteiger partial charge in [-0.05, 0) is 66.6 Å². The molecule has 0 aromatic heterocycles. The summed E-state index contributed by atoms with van der Waals surface area (Å²) in [5.41, 5.74) is 2.77. The van der Waals surface area contributed by atoms with Crippen molar-refractivity contribution < 1.29 is 19.0 Å². The lowest BCUT2D eigenvalue weighted by Crippen LogP contribution is -2.34. The normalized spacial score (nSPS) is 10.5. The molecule has 3 aromatic carbocycles. The number of hydrogen-bond acceptors (Lipinski definition) is 5. The molecule has 6 heteroatoms. The van der Waals surface area contributed by atoms with Gasteiger partial charge in [0.15, 0.2) is 0 Å². The zero-order chi connectivity index (χ0) is 22.1.